The molecule has 12 rings (SSSR count). The van der Waals surface area contributed by atoms with Gasteiger partial charge < -0.3 is 34.3 Å². The van der Waals surface area contributed by atoms with Crippen LogP contribution in [0.2, 0.25) is 15.1 Å². The smallest absolute Gasteiger partial charge is 0.188 e. The van der Waals surface area contributed by atoms with Gasteiger partial charge in [-0.2, -0.15) is 0 Å². The van der Waals surface area contributed by atoms with Gasteiger partial charge in [0.15, 0.2) is 54.4 Å². The zero-order chi connectivity index (χ0) is 62.0. The average Bonchev–Trinajstić information content (AvgIpc) is 0.719. The predicted molar refractivity (Wildman–Crippen MR) is 318 cm³/mol. The molecule has 2 aliphatic carbocycles. The molecule has 0 bridgehead atoms. The first-order chi connectivity index (χ1) is 41.6. The Morgan fingerprint density at radius 3 is 1.45 bits per heavy atom. The van der Waals surface area contributed by atoms with Gasteiger partial charge in [0.1, 0.15) is 26.9 Å². The number of hydrogen-bond acceptors (Lipinski definition) is 12. The highest BCUT2D eigenvalue weighted by molar-refractivity contribution is 7.99. The summed E-state index contributed by atoms with van der Waals surface area (Å²) < 4.78 is 162. The molecule has 11 nitrogen and oxygen atoms in total. The first kappa shape index (κ1) is 64.5. The van der Waals surface area contributed by atoms with Crippen LogP contribution in [0.5, 0.6) is 17.2 Å². The maximum atomic E-state index is 15.0. The lowest BCUT2D eigenvalue weighted by Gasteiger charge is -2.49. The number of aliphatic hydroxyl groups is 3. The Morgan fingerprint density at radius 2 is 0.977 bits per heavy atom. The summed E-state index contributed by atoms with van der Waals surface area (Å²) in [4.78, 5) is 0.778. The molecule has 3 heterocycles. The Kier molecular flexibility index (Phi) is 19.9. The van der Waals surface area contributed by atoms with Gasteiger partial charge in [-0.05, 0) is 166 Å². The first-order valence-electron chi connectivity index (χ1n) is 28.0. The van der Waals surface area contributed by atoms with Crippen LogP contribution in [0.25, 0.3) is 0 Å². The van der Waals surface area contributed by atoms with E-state index in [0.29, 0.717) is 60.2 Å². The SMILES string of the molecule is O=S(=O)(c1ccc(Cl)cc1)[C@]12CCC[C@@H](O)C1COc1c(F)ccc(F)c12.O=S(=O)(c1ccc(Cl)cc1)[C@]12CCC[C@H](O)C1COc1c(F)ccc(F)c12.OCCC[C@H](OCc1ccccc1)[C@H]1COc2c(F)ccc(F)c2[C@@H]1Sc1ccc(Cl)cc1. The van der Waals surface area contributed by atoms with E-state index in [-0.39, 0.29) is 83.5 Å². The monoisotopic (exact) mass is 1320 g/mol. The van der Waals surface area contributed by atoms with Crippen molar-refractivity contribution in [3.8, 4) is 17.2 Å². The minimum absolute atomic E-state index is 0.0212. The van der Waals surface area contributed by atoms with Gasteiger partial charge >= 0.3 is 0 Å². The molecule has 3 aliphatic heterocycles. The van der Waals surface area contributed by atoms with E-state index in [9.17, 15) is 54.1 Å². The zero-order valence-corrected chi connectivity index (χ0v) is 51.0. The molecule has 0 radical (unpaired) electrons. The van der Waals surface area contributed by atoms with E-state index in [1.54, 1.807) is 12.1 Å². The van der Waals surface area contributed by atoms with Gasteiger partial charge in [-0.15, -0.1) is 11.8 Å². The number of rotatable bonds is 13. The van der Waals surface area contributed by atoms with E-state index >= 15 is 4.39 Å². The molecule has 0 spiro atoms. The molecule has 462 valence electrons. The fraction of sp³-hybridized carbons (Fsp3) is 0.344. The van der Waals surface area contributed by atoms with Crippen molar-refractivity contribution in [2.45, 2.75) is 106 Å². The van der Waals surface area contributed by atoms with Gasteiger partial charge in [-0.25, -0.2) is 43.2 Å². The van der Waals surface area contributed by atoms with Gasteiger partial charge in [0.2, 0.25) is 0 Å². The van der Waals surface area contributed by atoms with Crippen LogP contribution in [0, 0.1) is 52.7 Å². The summed E-state index contributed by atoms with van der Waals surface area (Å²) in [7, 11) is -8.38. The van der Waals surface area contributed by atoms with E-state index < -0.39 is 105 Å². The Balaban J connectivity index is 0.000000145. The minimum Gasteiger partial charge on any atom is -0.490 e. The number of thioether (sulfide) groups is 1. The van der Waals surface area contributed by atoms with Crippen molar-refractivity contribution in [2.75, 3.05) is 26.4 Å². The maximum absolute atomic E-state index is 15.0. The highest BCUT2D eigenvalue weighted by Gasteiger charge is 2.62. The molecule has 2 fully saturated rings. The van der Waals surface area contributed by atoms with Crippen molar-refractivity contribution < 1.29 is 77.4 Å². The third-order valence-corrected chi connectivity index (χ3v) is 24.2. The molecular weight excluding hydrogens is 1260 g/mol. The van der Waals surface area contributed by atoms with Crippen LogP contribution in [0.15, 0.2) is 154 Å². The lowest BCUT2D eigenvalue weighted by molar-refractivity contribution is -0.0271. The normalized spacial score (nSPS) is 24.0. The van der Waals surface area contributed by atoms with Crippen molar-refractivity contribution in [3.63, 3.8) is 0 Å². The van der Waals surface area contributed by atoms with Crippen LogP contribution >= 0.6 is 46.6 Å². The largest absolute Gasteiger partial charge is 0.490 e. The van der Waals surface area contributed by atoms with Crippen LogP contribution in [0.3, 0.4) is 0 Å². The van der Waals surface area contributed by atoms with Gasteiger partial charge in [0.25, 0.3) is 0 Å². The summed E-state index contributed by atoms with van der Waals surface area (Å²) in [6, 6.07) is 34.0. The Bertz CT molecular complexity index is 3660. The number of sulfone groups is 2. The Labute approximate surface area is 519 Å². The van der Waals surface area contributed by atoms with Crippen molar-refractivity contribution in [2.24, 2.45) is 17.8 Å². The van der Waals surface area contributed by atoms with Gasteiger partial charge in [0.05, 0.1) is 65.7 Å². The highest BCUT2D eigenvalue weighted by atomic mass is 35.5. The minimum atomic E-state index is -4.19. The fourth-order valence-corrected chi connectivity index (χ4v) is 19.3. The summed E-state index contributed by atoms with van der Waals surface area (Å²) in [5.41, 5.74) is 0.575. The molecule has 2 saturated carbocycles. The van der Waals surface area contributed by atoms with Crippen molar-refractivity contribution in [3.05, 3.63) is 212 Å². The topological polar surface area (TPSA) is 166 Å². The quantitative estimate of drug-likeness (QED) is 0.0937. The van der Waals surface area contributed by atoms with Crippen LogP contribution in [-0.4, -0.2) is 76.9 Å². The van der Waals surface area contributed by atoms with Crippen LogP contribution < -0.4 is 14.2 Å². The van der Waals surface area contributed by atoms with Gasteiger partial charge in [-0.1, -0.05) is 65.1 Å². The highest BCUT2D eigenvalue weighted by Crippen LogP contribution is 2.59. The number of benzene rings is 7. The Hall–Kier alpha value is -5.52. The molecule has 9 atom stereocenters. The van der Waals surface area contributed by atoms with E-state index in [0.717, 1.165) is 46.9 Å². The second kappa shape index (κ2) is 26.9. The summed E-state index contributed by atoms with van der Waals surface area (Å²) in [5, 5.41) is 31.4. The van der Waals surface area contributed by atoms with Crippen LogP contribution in [0.4, 0.5) is 26.3 Å². The second-order valence-electron chi connectivity index (χ2n) is 21.9. The van der Waals surface area contributed by atoms with E-state index in [1.165, 1.54) is 60.3 Å². The molecule has 0 aromatic heterocycles. The third kappa shape index (κ3) is 12.5. The molecule has 87 heavy (non-hydrogen) atoms. The van der Waals surface area contributed by atoms with Crippen molar-refractivity contribution >= 4 is 66.2 Å². The van der Waals surface area contributed by atoms with Gasteiger partial charge in [0, 0.05) is 55.1 Å². The maximum Gasteiger partial charge on any atom is 0.188 e. The molecule has 0 saturated heterocycles. The first-order valence-corrected chi connectivity index (χ1v) is 33.0. The number of hydrogen-bond donors (Lipinski definition) is 3. The van der Waals surface area contributed by atoms with E-state index in [4.69, 9.17) is 53.8 Å². The molecule has 7 aromatic carbocycles. The summed E-state index contributed by atoms with van der Waals surface area (Å²) in [5.74, 6) is -7.35. The number of aliphatic hydroxyl groups excluding tert-OH is 3. The third-order valence-electron chi connectivity index (χ3n) is 16.9. The van der Waals surface area contributed by atoms with Crippen LogP contribution in [-0.2, 0) is 40.5 Å². The van der Waals surface area contributed by atoms with E-state index in [2.05, 4.69) is 0 Å². The van der Waals surface area contributed by atoms with Gasteiger partial charge in [-0.3, -0.25) is 0 Å². The summed E-state index contributed by atoms with van der Waals surface area (Å²) in [6.45, 7) is 0.170. The predicted octanol–water partition coefficient (Wildman–Crippen LogP) is 14.5. The van der Waals surface area contributed by atoms with Crippen molar-refractivity contribution in [1.82, 2.24) is 0 Å². The average molecular weight is 1320 g/mol. The second-order valence-corrected chi connectivity index (χ2v) is 28.8. The summed E-state index contributed by atoms with van der Waals surface area (Å²) in [6.07, 6.45) is 0.378. The molecule has 23 heteroatoms. The molecule has 7 aromatic rings. The molecular formula is C64H59Cl3F6O11S3. The van der Waals surface area contributed by atoms with Crippen molar-refractivity contribution in [1.29, 1.82) is 0 Å². The standard InChI is InChI=1S/C26H25ClF2O3S.2C19H17ClF2O4S/c27-18-8-10-19(11-9-18)33-26-20(16-32-25-22(29)13-12-21(28)24(25)26)23(7-4-14-30)31-15-17-5-2-1-3-6-17;2*20-11-3-5-12(6-4-11)27(24,25)19-9-1-2-16(23)13(19)10-26-18-15(22)8-7-14(21)17(18)19/h1-3,5-6,8-13,20,23,26,30H,4,7,14-16H2;2*3-8,13,16,23H,1-2,9-10H2/t20-,23+,26-;13?,16-,19+;13?,16-,19-/m101/s1. The molecule has 0 amide bonds. The lowest BCUT2D eigenvalue weighted by Crippen LogP contribution is -2.55. The molecule has 2 unspecified atom stereocenters. The molecule has 5 aliphatic rings. The lowest BCUT2D eigenvalue weighted by atomic mass is 9.71. The number of halogens is 9. The fourth-order valence-electron chi connectivity index (χ4n) is 12.8. The van der Waals surface area contributed by atoms with Crippen LogP contribution in [0.1, 0.15) is 78.9 Å². The molecule has 3 N–H and O–H groups in total. The summed E-state index contributed by atoms with van der Waals surface area (Å²) >= 11 is 19.2. The zero-order valence-electron chi connectivity index (χ0n) is 46.2. The number of ether oxygens (including phenoxy) is 4. The Morgan fingerprint density at radius 1 is 0.552 bits per heavy atom. The number of fused-ring (bicyclic) bond motifs is 7. The van der Waals surface area contributed by atoms with E-state index in [1.807, 2.05) is 42.5 Å².